The van der Waals surface area contributed by atoms with Gasteiger partial charge < -0.3 is 10.3 Å². The Balaban J connectivity index is 2.12. The van der Waals surface area contributed by atoms with Crippen LogP contribution in [0.1, 0.15) is 52.0 Å². The predicted octanol–water partition coefficient (Wildman–Crippen LogP) is 4.15. The third kappa shape index (κ3) is 2.66. The average Bonchev–Trinajstić information content (AvgIpc) is 2.70. The van der Waals surface area contributed by atoms with Crippen LogP contribution in [0.25, 0.3) is 11.0 Å². The van der Waals surface area contributed by atoms with Crippen LogP contribution in [-0.2, 0) is 0 Å². The Morgan fingerprint density at radius 1 is 1.22 bits per heavy atom. The number of nitrogens with two attached hydrogens (primary N) is 1. The minimum atomic E-state index is 0.425. The second-order valence-corrected chi connectivity index (χ2v) is 5.03. The standard InChI is InChI=1S/C15H23N3/c1-3-4-5-6-9-12(2)18-14-11-8-7-10-13(14)17-15(18)16/h7-8,10-12H,3-6,9H2,1-2H3,(H2,16,17). The summed E-state index contributed by atoms with van der Waals surface area (Å²) in [5.41, 5.74) is 8.18. The Kier molecular flexibility index (Phi) is 4.24. The molecule has 0 fully saturated rings. The lowest BCUT2D eigenvalue weighted by molar-refractivity contribution is 0.486. The molecule has 3 nitrogen and oxygen atoms in total. The Bertz CT molecular complexity index is 501. The molecule has 0 aliphatic rings. The van der Waals surface area contributed by atoms with Crippen LogP contribution in [0.15, 0.2) is 24.3 Å². The fourth-order valence-electron chi connectivity index (χ4n) is 2.52. The minimum absolute atomic E-state index is 0.425. The number of nitrogens with zero attached hydrogens (tertiary/aromatic N) is 2. The number of imidazole rings is 1. The first-order valence-electron chi connectivity index (χ1n) is 6.96. The SMILES string of the molecule is CCCCCCC(C)n1c(N)nc2ccccc21. The number of fused-ring (bicyclic) bond motifs is 1. The number of rotatable bonds is 6. The van der Waals surface area contributed by atoms with Crippen LogP contribution in [0.2, 0.25) is 0 Å². The first-order chi connectivity index (χ1) is 8.74. The van der Waals surface area contributed by atoms with Gasteiger partial charge in [0.15, 0.2) is 0 Å². The quantitative estimate of drug-likeness (QED) is 0.777. The Morgan fingerprint density at radius 3 is 2.78 bits per heavy atom. The number of aromatic nitrogens is 2. The van der Waals surface area contributed by atoms with Crippen molar-refractivity contribution in [2.24, 2.45) is 0 Å². The lowest BCUT2D eigenvalue weighted by Crippen LogP contribution is -2.08. The molecule has 0 bridgehead atoms. The van der Waals surface area contributed by atoms with E-state index in [9.17, 15) is 0 Å². The van der Waals surface area contributed by atoms with E-state index < -0.39 is 0 Å². The van der Waals surface area contributed by atoms with Gasteiger partial charge >= 0.3 is 0 Å². The van der Waals surface area contributed by atoms with Crippen molar-refractivity contribution in [3.05, 3.63) is 24.3 Å². The van der Waals surface area contributed by atoms with Crippen LogP contribution >= 0.6 is 0 Å². The molecule has 1 heterocycles. The molecule has 0 amide bonds. The molecular weight excluding hydrogens is 222 g/mol. The van der Waals surface area contributed by atoms with Gasteiger partial charge in [0.05, 0.1) is 11.0 Å². The molecule has 1 aromatic carbocycles. The summed E-state index contributed by atoms with van der Waals surface area (Å²) in [7, 11) is 0. The maximum Gasteiger partial charge on any atom is 0.201 e. The molecule has 2 N–H and O–H groups in total. The van der Waals surface area contributed by atoms with Gasteiger partial charge in [0.1, 0.15) is 0 Å². The van der Waals surface area contributed by atoms with Crippen molar-refractivity contribution in [1.82, 2.24) is 9.55 Å². The Hall–Kier alpha value is -1.51. The molecule has 0 radical (unpaired) electrons. The molecule has 0 aliphatic heterocycles. The van der Waals surface area contributed by atoms with Gasteiger partial charge in [-0.2, -0.15) is 0 Å². The van der Waals surface area contributed by atoms with Gasteiger partial charge in [0.25, 0.3) is 0 Å². The zero-order chi connectivity index (χ0) is 13.0. The molecule has 1 atom stereocenters. The van der Waals surface area contributed by atoms with Gasteiger partial charge in [0, 0.05) is 6.04 Å². The lowest BCUT2D eigenvalue weighted by atomic mass is 10.1. The van der Waals surface area contributed by atoms with E-state index in [1.54, 1.807) is 0 Å². The van der Waals surface area contributed by atoms with Gasteiger partial charge in [-0.3, -0.25) is 0 Å². The van der Waals surface area contributed by atoms with Crippen molar-refractivity contribution in [2.45, 2.75) is 52.0 Å². The number of benzene rings is 1. The number of hydrogen-bond acceptors (Lipinski definition) is 2. The maximum atomic E-state index is 6.04. The van der Waals surface area contributed by atoms with E-state index in [1.807, 2.05) is 18.2 Å². The van der Waals surface area contributed by atoms with Gasteiger partial charge in [-0.1, -0.05) is 44.7 Å². The largest absolute Gasteiger partial charge is 0.369 e. The second-order valence-electron chi connectivity index (χ2n) is 5.03. The molecule has 98 valence electrons. The number of para-hydroxylation sites is 2. The van der Waals surface area contributed by atoms with Crippen LogP contribution in [0.3, 0.4) is 0 Å². The molecule has 0 saturated heterocycles. The smallest absolute Gasteiger partial charge is 0.201 e. The number of unbranched alkanes of at least 4 members (excludes halogenated alkanes) is 3. The fourth-order valence-corrected chi connectivity index (χ4v) is 2.52. The van der Waals surface area contributed by atoms with Gasteiger partial charge in [-0.15, -0.1) is 0 Å². The highest BCUT2D eigenvalue weighted by Gasteiger charge is 2.12. The highest BCUT2D eigenvalue weighted by molar-refractivity contribution is 5.78. The summed E-state index contributed by atoms with van der Waals surface area (Å²) in [6.45, 7) is 4.47. The van der Waals surface area contributed by atoms with Crippen molar-refractivity contribution < 1.29 is 0 Å². The first kappa shape index (κ1) is 12.9. The summed E-state index contributed by atoms with van der Waals surface area (Å²) < 4.78 is 2.17. The van der Waals surface area contributed by atoms with Gasteiger partial charge in [0.2, 0.25) is 5.95 Å². The van der Waals surface area contributed by atoms with E-state index in [0.29, 0.717) is 12.0 Å². The molecule has 1 unspecified atom stereocenters. The summed E-state index contributed by atoms with van der Waals surface area (Å²) in [5, 5.41) is 0. The third-order valence-corrected chi connectivity index (χ3v) is 3.54. The molecule has 2 rings (SSSR count). The fraction of sp³-hybridized carbons (Fsp3) is 0.533. The number of anilines is 1. The summed E-state index contributed by atoms with van der Waals surface area (Å²) in [5.74, 6) is 0.638. The van der Waals surface area contributed by atoms with Crippen molar-refractivity contribution >= 4 is 17.0 Å². The van der Waals surface area contributed by atoms with Crippen molar-refractivity contribution in [1.29, 1.82) is 0 Å². The predicted molar refractivity (Wildman–Crippen MR) is 77.6 cm³/mol. The number of hydrogen-bond donors (Lipinski definition) is 1. The molecule has 3 heteroatoms. The van der Waals surface area contributed by atoms with Crippen LogP contribution < -0.4 is 5.73 Å². The summed E-state index contributed by atoms with van der Waals surface area (Å²) in [4.78, 5) is 4.42. The number of nitrogen functional groups attached to an aromatic ring is 1. The molecule has 18 heavy (non-hydrogen) atoms. The summed E-state index contributed by atoms with van der Waals surface area (Å²) in [6, 6.07) is 8.59. The van der Waals surface area contributed by atoms with Crippen LogP contribution in [0.5, 0.6) is 0 Å². The van der Waals surface area contributed by atoms with Crippen molar-refractivity contribution in [3.8, 4) is 0 Å². The average molecular weight is 245 g/mol. The summed E-state index contributed by atoms with van der Waals surface area (Å²) in [6.07, 6.45) is 6.36. The van der Waals surface area contributed by atoms with E-state index in [4.69, 9.17) is 5.73 Å². The normalized spacial score (nSPS) is 13.0. The van der Waals surface area contributed by atoms with Crippen LogP contribution in [0.4, 0.5) is 5.95 Å². The Labute approximate surface area is 109 Å². The highest BCUT2D eigenvalue weighted by Crippen LogP contribution is 2.25. The second kappa shape index (κ2) is 5.89. The lowest BCUT2D eigenvalue weighted by Gasteiger charge is -2.15. The third-order valence-electron chi connectivity index (χ3n) is 3.54. The van der Waals surface area contributed by atoms with Gasteiger partial charge in [-0.05, 0) is 25.5 Å². The van der Waals surface area contributed by atoms with Gasteiger partial charge in [-0.25, -0.2) is 4.98 Å². The molecule has 0 saturated carbocycles. The highest BCUT2D eigenvalue weighted by atomic mass is 15.2. The van der Waals surface area contributed by atoms with E-state index in [-0.39, 0.29) is 0 Å². The Morgan fingerprint density at radius 2 is 2.00 bits per heavy atom. The molecular formula is C15H23N3. The molecule has 1 aromatic heterocycles. The van der Waals surface area contributed by atoms with E-state index in [0.717, 1.165) is 11.0 Å². The van der Waals surface area contributed by atoms with Crippen molar-refractivity contribution in [2.75, 3.05) is 5.73 Å². The topological polar surface area (TPSA) is 43.8 Å². The van der Waals surface area contributed by atoms with Crippen LogP contribution in [-0.4, -0.2) is 9.55 Å². The zero-order valence-corrected chi connectivity index (χ0v) is 11.4. The van der Waals surface area contributed by atoms with Crippen LogP contribution in [0, 0.1) is 0 Å². The zero-order valence-electron chi connectivity index (χ0n) is 11.4. The molecule has 0 aliphatic carbocycles. The van der Waals surface area contributed by atoms with Crippen molar-refractivity contribution in [3.63, 3.8) is 0 Å². The minimum Gasteiger partial charge on any atom is -0.369 e. The molecule has 2 aromatic rings. The monoisotopic (exact) mass is 245 g/mol. The van der Waals surface area contributed by atoms with E-state index in [1.165, 1.54) is 32.1 Å². The first-order valence-corrected chi connectivity index (χ1v) is 6.96. The maximum absolute atomic E-state index is 6.04. The summed E-state index contributed by atoms with van der Waals surface area (Å²) >= 11 is 0. The van der Waals surface area contributed by atoms with E-state index >= 15 is 0 Å². The molecule has 0 spiro atoms. The van der Waals surface area contributed by atoms with E-state index in [2.05, 4.69) is 29.5 Å².